The van der Waals surface area contributed by atoms with E-state index in [0.29, 0.717) is 19.4 Å². The van der Waals surface area contributed by atoms with Gasteiger partial charge in [-0.25, -0.2) is 8.78 Å². The highest BCUT2D eigenvalue weighted by molar-refractivity contribution is 5.95. The van der Waals surface area contributed by atoms with Crippen molar-refractivity contribution in [1.82, 2.24) is 4.90 Å². The van der Waals surface area contributed by atoms with E-state index in [1.54, 1.807) is 4.90 Å². The van der Waals surface area contributed by atoms with Crippen LogP contribution in [0.4, 0.5) is 14.5 Å². The van der Waals surface area contributed by atoms with E-state index < -0.39 is 17.3 Å². The third kappa shape index (κ3) is 2.90. The van der Waals surface area contributed by atoms with Gasteiger partial charge in [0.1, 0.15) is 17.3 Å². The molecule has 20 heavy (non-hydrogen) atoms. The molecule has 1 unspecified atom stereocenters. The molecule has 1 heterocycles. The number of aliphatic hydroxyl groups excluding tert-OH is 1. The molecule has 0 spiro atoms. The van der Waals surface area contributed by atoms with E-state index in [4.69, 9.17) is 10.8 Å². The quantitative estimate of drug-likeness (QED) is 0.830. The molecule has 1 aliphatic rings. The molecule has 1 aromatic carbocycles. The molecule has 1 atom stereocenters. The molecule has 1 aliphatic heterocycles. The molecule has 1 aromatic rings. The first-order valence-electron chi connectivity index (χ1n) is 6.71. The summed E-state index contributed by atoms with van der Waals surface area (Å²) in [4.78, 5) is 14.0. The normalized spacial score (nSPS) is 18.6. The molecule has 110 valence electrons. The maximum Gasteiger partial charge on any atom is 0.254 e. The van der Waals surface area contributed by atoms with Crippen molar-refractivity contribution in [1.29, 1.82) is 0 Å². The molecule has 0 aromatic heterocycles. The van der Waals surface area contributed by atoms with Crippen molar-refractivity contribution in [3.63, 3.8) is 0 Å². The van der Waals surface area contributed by atoms with Crippen molar-refractivity contribution in [3.8, 4) is 0 Å². The Hall–Kier alpha value is -1.69. The third-order valence-electron chi connectivity index (χ3n) is 3.66. The predicted molar refractivity (Wildman–Crippen MR) is 71.1 cm³/mol. The number of likely N-dealkylation sites (tertiary alicyclic amines) is 1. The summed E-state index contributed by atoms with van der Waals surface area (Å²) in [6.07, 6.45) is 3.02. The van der Waals surface area contributed by atoms with E-state index in [0.717, 1.165) is 25.0 Å². The lowest BCUT2D eigenvalue weighted by Crippen LogP contribution is -2.35. The fraction of sp³-hybridized carbons (Fsp3) is 0.500. The van der Waals surface area contributed by atoms with Crippen LogP contribution in [0.2, 0.25) is 0 Å². The second kappa shape index (κ2) is 6.17. The number of halogens is 2. The highest BCUT2D eigenvalue weighted by Gasteiger charge is 2.29. The number of benzene rings is 1. The Kier molecular flexibility index (Phi) is 4.54. The van der Waals surface area contributed by atoms with Crippen LogP contribution < -0.4 is 5.73 Å². The number of carbonyl (C=O) groups is 1. The maximum atomic E-state index is 13.4. The summed E-state index contributed by atoms with van der Waals surface area (Å²) in [7, 11) is 0. The van der Waals surface area contributed by atoms with Gasteiger partial charge in [-0.3, -0.25) is 4.79 Å². The summed E-state index contributed by atoms with van der Waals surface area (Å²) in [6, 6.07) is 1.97. The first-order valence-corrected chi connectivity index (χ1v) is 6.71. The number of amides is 1. The van der Waals surface area contributed by atoms with Crippen LogP contribution in [-0.4, -0.2) is 35.1 Å². The molecule has 2 rings (SSSR count). The predicted octanol–water partition coefficient (Wildman–Crippen LogP) is 1.92. The maximum absolute atomic E-state index is 13.4. The topological polar surface area (TPSA) is 66.6 Å². The van der Waals surface area contributed by atoms with Crippen LogP contribution in [0.1, 0.15) is 36.0 Å². The van der Waals surface area contributed by atoms with Crippen LogP contribution in [0, 0.1) is 11.6 Å². The minimum absolute atomic E-state index is 0.0231. The molecule has 1 saturated heterocycles. The number of nitrogen functional groups attached to an aromatic ring is 1. The monoisotopic (exact) mass is 284 g/mol. The Morgan fingerprint density at radius 2 is 2.05 bits per heavy atom. The van der Waals surface area contributed by atoms with Crippen LogP contribution in [0.15, 0.2) is 12.1 Å². The van der Waals surface area contributed by atoms with Gasteiger partial charge in [0.05, 0.1) is 0 Å². The number of nitrogens with two attached hydrogens (primary N) is 1. The van der Waals surface area contributed by atoms with E-state index >= 15 is 0 Å². The van der Waals surface area contributed by atoms with Crippen LogP contribution in [0.3, 0.4) is 0 Å². The van der Waals surface area contributed by atoms with Gasteiger partial charge in [0.2, 0.25) is 0 Å². The SMILES string of the molecule is Nc1c(F)cc(C(=O)N2CCCC2CCCO)cc1F. The van der Waals surface area contributed by atoms with Gasteiger partial charge in [-0.1, -0.05) is 0 Å². The summed E-state index contributed by atoms with van der Waals surface area (Å²) in [5.41, 5.74) is 4.60. The second-order valence-corrected chi connectivity index (χ2v) is 5.01. The van der Waals surface area contributed by atoms with Gasteiger partial charge < -0.3 is 15.7 Å². The molecule has 0 aliphatic carbocycles. The van der Waals surface area contributed by atoms with Gasteiger partial charge in [0.25, 0.3) is 5.91 Å². The van der Waals surface area contributed by atoms with E-state index in [9.17, 15) is 13.6 Å². The fourth-order valence-electron chi connectivity index (χ4n) is 2.60. The molecule has 0 radical (unpaired) electrons. The van der Waals surface area contributed by atoms with Gasteiger partial charge >= 0.3 is 0 Å². The number of hydrogen-bond acceptors (Lipinski definition) is 3. The first kappa shape index (κ1) is 14.7. The molecule has 0 bridgehead atoms. The zero-order chi connectivity index (χ0) is 14.7. The minimum atomic E-state index is -0.917. The van der Waals surface area contributed by atoms with Gasteiger partial charge in [-0.2, -0.15) is 0 Å². The van der Waals surface area contributed by atoms with Crippen molar-refractivity contribution >= 4 is 11.6 Å². The Labute approximate surface area is 116 Å². The van der Waals surface area contributed by atoms with E-state index in [2.05, 4.69) is 0 Å². The number of nitrogens with zero attached hydrogens (tertiary/aromatic N) is 1. The lowest BCUT2D eigenvalue weighted by molar-refractivity contribution is 0.0723. The molecule has 4 nitrogen and oxygen atoms in total. The van der Waals surface area contributed by atoms with Crippen molar-refractivity contribution in [2.24, 2.45) is 0 Å². The lowest BCUT2D eigenvalue weighted by atomic mass is 10.1. The van der Waals surface area contributed by atoms with Crippen LogP contribution >= 0.6 is 0 Å². The fourth-order valence-corrected chi connectivity index (χ4v) is 2.60. The minimum Gasteiger partial charge on any atom is -0.396 e. The zero-order valence-electron chi connectivity index (χ0n) is 11.1. The average molecular weight is 284 g/mol. The van der Waals surface area contributed by atoms with Gasteiger partial charge in [0, 0.05) is 24.8 Å². The zero-order valence-corrected chi connectivity index (χ0v) is 11.1. The lowest BCUT2D eigenvalue weighted by Gasteiger charge is -2.24. The smallest absolute Gasteiger partial charge is 0.254 e. The van der Waals surface area contributed by atoms with Crippen molar-refractivity contribution in [2.45, 2.75) is 31.7 Å². The summed E-state index contributed by atoms with van der Waals surface area (Å²) >= 11 is 0. The van der Waals surface area contributed by atoms with Gasteiger partial charge in [-0.15, -0.1) is 0 Å². The Morgan fingerprint density at radius 1 is 1.40 bits per heavy atom. The van der Waals surface area contributed by atoms with E-state index in [1.165, 1.54) is 0 Å². The Balaban J connectivity index is 2.18. The number of carbonyl (C=O) groups excluding carboxylic acids is 1. The molecular weight excluding hydrogens is 266 g/mol. The Bertz CT molecular complexity index is 485. The highest BCUT2D eigenvalue weighted by Crippen LogP contribution is 2.25. The van der Waals surface area contributed by atoms with Crippen molar-refractivity contribution < 1.29 is 18.7 Å². The largest absolute Gasteiger partial charge is 0.396 e. The van der Waals surface area contributed by atoms with Gasteiger partial charge in [-0.05, 0) is 37.8 Å². The number of aliphatic hydroxyl groups is 1. The van der Waals surface area contributed by atoms with Crippen molar-refractivity contribution in [2.75, 3.05) is 18.9 Å². The van der Waals surface area contributed by atoms with Crippen LogP contribution in [0.25, 0.3) is 0 Å². The molecular formula is C14H18F2N2O2. The first-order chi connectivity index (χ1) is 9.54. The average Bonchev–Trinajstić information content (AvgIpc) is 2.89. The second-order valence-electron chi connectivity index (χ2n) is 5.01. The molecule has 1 fully saturated rings. The number of hydrogen-bond donors (Lipinski definition) is 2. The number of rotatable bonds is 4. The Morgan fingerprint density at radius 3 is 2.65 bits per heavy atom. The van der Waals surface area contributed by atoms with E-state index in [1.807, 2.05) is 0 Å². The summed E-state index contributed by atoms with van der Waals surface area (Å²) < 4.78 is 26.8. The highest BCUT2D eigenvalue weighted by atomic mass is 19.1. The summed E-state index contributed by atoms with van der Waals surface area (Å²) in [5.74, 6) is -2.22. The van der Waals surface area contributed by atoms with Crippen LogP contribution in [-0.2, 0) is 0 Å². The summed E-state index contributed by atoms with van der Waals surface area (Å²) in [5, 5.41) is 8.86. The molecule has 1 amide bonds. The molecule has 0 saturated carbocycles. The number of anilines is 1. The van der Waals surface area contributed by atoms with E-state index in [-0.39, 0.29) is 24.1 Å². The third-order valence-corrected chi connectivity index (χ3v) is 3.66. The van der Waals surface area contributed by atoms with Gasteiger partial charge in [0.15, 0.2) is 0 Å². The standard InChI is InChI=1S/C14H18F2N2O2/c15-11-7-9(8-12(16)13(11)17)14(20)18-5-1-3-10(18)4-2-6-19/h7-8,10,19H,1-6,17H2. The molecule has 6 heteroatoms. The summed E-state index contributed by atoms with van der Waals surface area (Å²) in [6.45, 7) is 0.645. The molecule has 3 N–H and O–H groups in total. The van der Waals surface area contributed by atoms with Crippen LogP contribution in [0.5, 0.6) is 0 Å². The van der Waals surface area contributed by atoms with Crippen molar-refractivity contribution in [3.05, 3.63) is 29.3 Å².